The van der Waals surface area contributed by atoms with Crippen molar-refractivity contribution in [3.63, 3.8) is 0 Å². The number of rotatable bonds is 15. The minimum Gasteiger partial charge on any atom is -0.481 e. The van der Waals surface area contributed by atoms with E-state index in [9.17, 15) is 15.0 Å². The van der Waals surface area contributed by atoms with Crippen LogP contribution >= 0.6 is 0 Å². The Hall–Kier alpha value is -1.11. The van der Waals surface area contributed by atoms with E-state index in [2.05, 4.69) is 12.4 Å². The van der Waals surface area contributed by atoms with Crippen LogP contribution in [0, 0.1) is 11.8 Å². The van der Waals surface area contributed by atoms with Gasteiger partial charge in [-0.2, -0.15) is 0 Å². The third-order valence-corrected chi connectivity index (χ3v) is 6.04. The van der Waals surface area contributed by atoms with Crippen molar-refractivity contribution in [2.75, 3.05) is 6.61 Å². The highest BCUT2D eigenvalue weighted by molar-refractivity contribution is 5.66. The summed E-state index contributed by atoms with van der Waals surface area (Å²) in [6.45, 7) is 2.35. The van der Waals surface area contributed by atoms with Gasteiger partial charge in [-0.05, 0) is 49.5 Å². The van der Waals surface area contributed by atoms with Gasteiger partial charge in [-0.3, -0.25) is 15.1 Å². The number of hydrogen-bond acceptors (Lipinski definition) is 5. The average molecular weight is 384 g/mol. The van der Waals surface area contributed by atoms with Gasteiger partial charge in [0.05, 0.1) is 25.2 Å². The van der Waals surface area contributed by atoms with Crippen LogP contribution in [0.3, 0.4) is 0 Å². The van der Waals surface area contributed by atoms with E-state index < -0.39 is 5.97 Å². The molecule has 6 heteroatoms. The molecular formula is C21H37NO5. The van der Waals surface area contributed by atoms with Crippen LogP contribution in [0.25, 0.3) is 0 Å². The standard InChI is InChI=1S/C21H37NO5/c1-2-3-4-5-6-7-8-15(23)9-10-16-17-13-19(18(17)14-20(16)24)22-27-12-11-21(25)26/h15-17,20,22-24H,2-14H2,1H3,(H,25,26). The van der Waals surface area contributed by atoms with Crippen molar-refractivity contribution in [2.24, 2.45) is 11.8 Å². The number of carboxylic acids is 1. The molecule has 4 unspecified atom stereocenters. The summed E-state index contributed by atoms with van der Waals surface area (Å²) in [6.07, 6.45) is 10.8. The minimum absolute atomic E-state index is 0.0270. The Morgan fingerprint density at radius 2 is 1.93 bits per heavy atom. The van der Waals surface area contributed by atoms with Crippen LogP contribution in [0.1, 0.15) is 84.0 Å². The molecule has 27 heavy (non-hydrogen) atoms. The van der Waals surface area contributed by atoms with Gasteiger partial charge in [-0.15, -0.1) is 0 Å². The molecule has 4 atom stereocenters. The molecule has 156 valence electrons. The number of fused-ring (bicyclic) bond motifs is 1. The van der Waals surface area contributed by atoms with E-state index in [1.165, 1.54) is 37.7 Å². The molecule has 1 fully saturated rings. The first kappa shape index (κ1) is 22.2. The maximum absolute atomic E-state index is 10.5. The van der Waals surface area contributed by atoms with Crippen molar-refractivity contribution in [2.45, 2.75) is 96.2 Å². The van der Waals surface area contributed by atoms with Gasteiger partial charge in [0.2, 0.25) is 0 Å². The first-order chi connectivity index (χ1) is 13.0. The summed E-state index contributed by atoms with van der Waals surface area (Å²) in [5, 5.41) is 29.2. The summed E-state index contributed by atoms with van der Waals surface area (Å²) in [5.74, 6) is -0.271. The van der Waals surface area contributed by atoms with Gasteiger partial charge in [0, 0.05) is 5.70 Å². The van der Waals surface area contributed by atoms with Gasteiger partial charge in [0.15, 0.2) is 0 Å². The maximum Gasteiger partial charge on any atom is 0.305 e. The second kappa shape index (κ2) is 11.7. The molecule has 0 aromatic carbocycles. The summed E-state index contributed by atoms with van der Waals surface area (Å²) >= 11 is 0. The van der Waals surface area contributed by atoms with E-state index in [4.69, 9.17) is 9.94 Å². The SMILES string of the molecule is CCCCCCCCC(O)CCC1C(O)CC2=C(NOCCC(=O)O)CC21. The molecule has 2 rings (SSSR count). The third-order valence-electron chi connectivity index (χ3n) is 6.04. The van der Waals surface area contributed by atoms with Gasteiger partial charge >= 0.3 is 5.97 Å². The predicted octanol–water partition coefficient (Wildman–Crippen LogP) is 3.53. The van der Waals surface area contributed by atoms with Crippen molar-refractivity contribution in [1.29, 1.82) is 0 Å². The Kier molecular flexibility index (Phi) is 9.59. The zero-order chi connectivity index (χ0) is 19.6. The van der Waals surface area contributed by atoms with Gasteiger partial charge < -0.3 is 15.3 Å². The summed E-state index contributed by atoms with van der Waals surface area (Å²) in [7, 11) is 0. The number of aliphatic hydroxyl groups excluding tert-OH is 2. The van der Waals surface area contributed by atoms with Crippen molar-refractivity contribution >= 4 is 5.97 Å². The van der Waals surface area contributed by atoms with Gasteiger partial charge in [-0.1, -0.05) is 45.4 Å². The first-order valence-corrected chi connectivity index (χ1v) is 10.7. The fourth-order valence-electron chi connectivity index (χ4n) is 4.36. The average Bonchev–Trinajstić information content (AvgIpc) is 2.86. The Labute approximate surface area is 162 Å². The molecule has 0 aliphatic heterocycles. The normalized spacial score (nSPS) is 25.2. The number of aliphatic carboxylic acids is 1. The van der Waals surface area contributed by atoms with Gasteiger partial charge in [0.1, 0.15) is 0 Å². The summed E-state index contributed by atoms with van der Waals surface area (Å²) in [6, 6.07) is 0. The summed E-state index contributed by atoms with van der Waals surface area (Å²) in [5.41, 5.74) is 5.07. The minimum atomic E-state index is -0.878. The number of allylic oxidation sites excluding steroid dienone is 1. The number of hydroxylamine groups is 1. The van der Waals surface area contributed by atoms with Crippen LogP contribution in [0.5, 0.6) is 0 Å². The summed E-state index contributed by atoms with van der Waals surface area (Å²) < 4.78 is 0. The number of carboxylic acid groups (broad SMARTS) is 1. The third kappa shape index (κ3) is 7.09. The van der Waals surface area contributed by atoms with E-state index in [-0.39, 0.29) is 31.2 Å². The second-order valence-electron chi connectivity index (χ2n) is 8.13. The van der Waals surface area contributed by atoms with E-state index in [1.807, 2.05) is 0 Å². The van der Waals surface area contributed by atoms with Crippen LogP contribution < -0.4 is 5.48 Å². The fourth-order valence-corrected chi connectivity index (χ4v) is 4.36. The lowest BCUT2D eigenvalue weighted by Gasteiger charge is -2.32. The molecule has 0 heterocycles. The Morgan fingerprint density at radius 1 is 1.19 bits per heavy atom. The highest BCUT2D eigenvalue weighted by Crippen LogP contribution is 2.50. The number of aliphatic hydroxyl groups is 2. The molecular weight excluding hydrogens is 346 g/mol. The topological polar surface area (TPSA) is 99.0 Å². The molecule has 6 nitrogen and oxygen atoms in total. The van der Waals surface area contributed by atoms with Crippen LogP contribution in [-0.4, -0.2) is 40.1 Å². The van der Waals surface area contributed by atoms with Crippen LogP contribution in [0.15, 0.2) is 11.3 Å². The molecule has 1 saturated carbocycles. The van der Waals surface area contributed by atoms with Crippen LogP contribution in [0.2, 0.25) is 0 Å². The van der Waals surface area contributed by atoms with Crippen molar-refractivity contribution in [1.82, 2.24) is 5.48 Å². The molecule has 0 radical (unpaired) electrons. The van der Waals surface area contributed by atoms with Crippen molar-refractivity contribution in [3.05, 3.63) is 11.3 Å². The lowest BCUT2D eigenvalue weighted by atomic mass is 9.77. The van der Waals surface area contributed by atoms with E-state index in [0.717, 1.165) is 37.8 Å². The molecule has 0 amide bonds. The smallest absolute Gasteiger partial charge is 0.305 e. The number of hydrogen-bond donors (Lipinski definition) is 4. The molecule has 0 aromatic heterocycles. The molecule has 4 N–H and O–H groups in total. The molecule has 0 saturated heterocycles. The number of nitrogens with one attached hydrogen (secondary N) is 1. The summed E-state index contributed by atoms with van der Waals surface area (Å²) in [4.78, 5) is 15.7. The molecule has 0 bridgehead atoms. The van der Waals surface area contributed by atoms with Crippen molar-refractivity contribution in [3.8, 4) is 0 Å². The van der Waals surface area contributed by atoms with Gasteiger partial charge in [-0.25, -0.2) is 0 Å². The quantitative estimate of drug-likeness (QED) is 0.255. The largest absolute Gasteiger partial charge is 0.481 e. The molecule has 0 aromatic rings. The fraction of sp³-hybridized carbons (Fsp3) is 0.857. The number of carbonyl (C=O) groups is 1. The van der Waals surface area contributed by atoms with Crippen molar-refractivity contribution < 1.29 is 25.0 Å². The zero-order valence-corrected chi connectivity index (χ0v) is 16.7. The molecule has 0 spiro atoms. The number of unbranched alkanes of at least 4 members (excludes halogenated alkanes) is 5. The van der Waals surface area contributed by atoms with Crippen LogP contribution in [0.4, 0.5) is 0 Å². The lowest BCUT2D eigenvalue weighted by Crippen LogP contribution is -2.31. The first-order valence-electron chi connectivity index (χ1n) is 10.7. The van der Waals surface area contributed by atoms with E-state index in [0.29, 0.717) is 12.3 Å². The predicted molar refractivity (Wildman–Crippen MR) is 104 cm³/mol. The lowest BCUT2D eigenvalue weighted by molar-refractivity contribution is -0.138. The van der Waals surface area contributed by atoms with E-state index >= 15 is 0 Å². The van der Waals surface area contributed by atoms with Crippen LogP contribution in [-0.2, 0) is 9.63 Å². The van der Waals surface area contributed by atoms with E-state index in [1.54, 1.807) is 0 Å². The highest BCUT2D eigenvalue weighted by Gasteiger charge is 2.45. The maximum atomic E-state index is 10.5. The second-order valence-corrected chi connectivity index (χ2v) is 8.13. The Bertz CT molecular complexity index is 493. The zero-order valence-electron chi connectivity index (χ0n) is 16.7. The Balaban J connectivity index is 1.61. The molecule has 2 aliphatic rings. The van der Waals surface area contributed by atoms with Gasteiger partial charge in [0.25, 0.3) is 0 Å². The molecule has 2 aliphatic carbocycles. The highest BCUT2D eigenvalue weighted by atomic mass is 16.6. The monoisotopic (exact) mass is 383 g/mol. The Morgan fingerprint density at radius 3 is 2.67 bits per heavy atom.